The smallest absolute Gasteiger partial charge is 0.272 e. The number of thioether (sulfide) groups is 1. The van der Waals surface area contributed by atoms with E-state index in [0.717, 1.165) is 4.90 Å². The molecule has 0 radical (unpaired) electrons. The van der Waals surface area contributed by atoms with E-state index in [1.807, 2.05) is 6.07 Å². The number of fused-ring (bicyclic) bond motifs is 1. The van der Waals surface area contributed by atoms with Gasteiger partial charge in [0.1, 0.15) is 17.2 Å². The normalized spacial score (nSPS) is 12.0. The first-order chi connectivity index (χ1) is 20.4. The molecule has 1 heterocycles. The van der Waals surface area contributed by atoms with Crippen molar-refractivity contribution in [2.24, 2.45) is 0 Å². The van der Waals surface area contributed by atoms with Gasteiger partial charge in [-0.05, 0) is 66.7 Å². The highest BCUT2D eigenvalue weighted by Crippen LogP contribution is 2.33. The van der Waals surface area contributed by atoms with Crippen molar-refractivity contribution in [2.75, 3.05) is 25.0 Å². The number of aromatic hydroxyl groups is 1. The van der Waals surface area contributed by atoms with Crippen LogP contribution in [-0.2, 0) is 4.79 Å². The lowest BCUT2D eigenvalue weighted by atomic mass is 10.1. The van der Waals surface area contributed by atoms with E-state index in [9.17, 15) is 19.5 Å². The fourth-order valence-electron chi connectivity index (χ4n) is 4.08. The van der Waals surface area contributed by atoms with Gasteiger partial charge in [-0.2, -0.15) is 0 Å². The van der Waals surface area contributed by atoms with Crippen molar-refractivity contribution in [3.63, 3.8) is 0 Å². The molecule has 5 rings (SSSR count). The molecule has 1 aliphatic rings. The van der Waals surface area contributed by atoms with Crippen molar-refractivity contribution in [1.82, 2.24) is 5.32 Å². The highest BCUT2D eigenvalue weighted by atomic mass is 32.2. The maximum absolute atomic E-state index is 13.4. The highest BCUT2D eigenvalue weighted by molar-refractivity contribution is 8.00. The third kappa shape index (κ3) is 6.91. The molecular formula is C32H26N2O7S. The minimum Gasteiger partial charge on any atom is -0.508 e. The van der Waals surface area contributed by atoms with Gasteiger partial charge in [0.05, 0.1) is 12.9 Å². The lowest BCUT2D eigenvalue weighted by Gasteiger charge is -2.13. The zero-order valence-corrected chi connectivity index (χ0v) is 23.3. The maximum Gasteiger partial charge on any atom is 0.272 e. The van der Waals surface area contributed by atoms with Crippen LogP contribution < -0.4 is 24.8 Å². The molecule has 0 fully saturated rings. The average molecular weight is 583 g/mol. The third-order valence-corrected chi connectivity index (χ3v) is 7.20. The monoisotopic (exact) mass is 582 g/mol. The molecule has 10 heteroatoms. The zero-order chi connectivity index (χ0) is 29.5. The second-order valence-electron chi connectivity index (χ2n) is 9.07. The summed E-state index contributed by atoms with van der Waals surface area (Å²) < 4.78 is 16.0. The van der Waals surface area contributed by atoms with E-state index in [0.29, 0.717) is 39.6 Å². The number of Topliss-reactive ketones (excluding diaryl/α,β-unsaturated/α-hetero) is 1. The zero-order valence-electron chi connectivity index (χ0n) is 22.5. The number of ether oxygens (including phenoxy) is 3. The van der Waals surface area contributed by atoms with Gasteiger partial charge in [-0.1, -0.05) is 24.3 Å². The molecule has 4 aromatic rings. The number of phenols is 1. The molecule has 0 spiro atoms. The number of phenolic OH excluding ortho intramolecular Hbond substituents is 1. The second-order valence-corrected chi connectivity index (χ2v) is 10.1. The second kappa shape index (κ2) is 13.0. The fourth-order valence-corrected chi connectivity index (χ4v) is 4.93. The van der Waals surface area contributed by atoms with Crippen molar-refractivity contribution in [1.29, 1.82) is 0 Å². The predicted molar refractivity (Wildman–Crippen MR) is 159 cm³/mol. The van der Waals surface area contributed by atoms with Gasteiger partial charge < -0.3 is 30.0 Å². The molecule has 42 heavy (non-hydrogen) atoms. The number of methoxy groups -OCH3 is 1. The van der Waals surface area contributed by atoms with Crippen LogP contribution in [0.2, 0.25) is 0 Å². The molecule has 0 atom stereocenters. The van der Waals surface area contributed by atoms with Crippen LogP contribution in [0.5, 0.6) is 23.0 Å². The van der Waals surface area contributed by atoms with Crippen molar-refractivity contribution in [3.8, 4) is 23.0 Å². The lowest BCUT2D eigenvalue weighted by Crippen LogP contribution is -2.30. The van der Waals surface area contributed by atoms with E-state index in [1.54, 1.807) is 72.8 Å². The fraction of sp³-hybridized carbons (Fsp3) is 0.0938. The van der Waals surface area contributed by atoms with Crippen LogP contribution in [0, 0.1) is 0 Å². The molecule has 2 amide bonds. The van der Waals surface area contributed by atoms with Crippen molar-refractivity contribution in [3.05, 3.63) is 113 Å². The Kier molecular flexibility index (Phi) is 8.74. The Morgan fingerprint density at radius 1 is 0.905 bits per heavy atom. The van der Waals surface area contributed by atoms with E-state index >= 15 is 0 Å². The third-order valence-electron chi connectivity index (χ3n) is 6.20. The van der Waals surface area contributed by atoms with Crippen molar-refractivity contribution >= 4 is 41.1 Å². The number of rotatable bonds is 10. The summed E-state index contributed by atoms with van der Waals surface area (Å²) in [4.78, 5) is 39.9. The van der Waals surface area contributed by atoms with E-state index < -0.39 is 11.8 Å². The number of benzene rings is 4. The number of nitrogens with one attached hydrogen (secondary N) is 2. The molecule has 1 aliphatic heterocycles. The summed E-state index contributed by atoms with van der Waals surface area (Å²) in [7, 11) is 1.44. The minimum absolute atomic E-state index is 0.00496. The lowest BCUT2D eigenvalue weighted by molar-refractivity contribution is -0.113. The van der Waals surface area contributed by atoms with Crippen LogP contribution in [0.1, 0.15) is 26.3 Å². The van der Waals surface area contributed by atoms with Gasteiger partial charge >= 0.3 is 0 Å². The average Bonchev–Trinajstić information content (AvgIpc) is 3.49. The molecule has 9 nitrogen and oxygen atoms in total. The van der Waals surface area contributed by atoms with E-state index in [2.05, 4.69) is 10.6 Å². The number of carbonyl (C=O) groups excluding carboxylic acids is 3. The number of amides is 2. The Morgan fingerprint density at radius 3 is 2.52 bits per heavy atom. The highest BCUT2D eigenvalue weighted by Gasteiger charge is 2.18. The van der Waals surface area contributed by atoms with Crippen molar-refractivity contribution in [2.45, 2.75) is 4.90 Å². The van der Waals surface area contributed by atoms with Gasteiger partial charge in [0, 0.05) is 33.3 Å². The van der Waals surface area contributed by atoms with Gasteiger partial charge in [-0.25, -0.2) is 0 Å². The number of carbonyl (C=O) groups is 3. The van der Waals surface area contributed by atoms with Crippen LogP contribution in [0.15, 0.2) is 102 Å². The summed E-state index contributed by atoms with van der Waals surface area (Å²) in [5, 5.41) is 15.3. The summed E-state index contributed by atoms with van der Waals surface area (Å²) in [6, 6.07) is 25.1. The molecule has 0 aromatic heterocycles. The number of hydrogen-bond acceptors (Lipinski definition) is 8. The number of hydrogen-bond donors (Lipinski definition) is 3. The molecular weight excluding hydrogens is 556 g/mol. The summed E-state index contributed by atoms with van der Waals surface area (Å²) in [6.07, 6.45) is 1.47. The topological polar surface area (TPSA) is 123 Å². The minimum atomic E-state index is -0.576. The number of ketones is 1. The van der Waals surface area contributed by atoms with Gasteiger partial charge in [-0.3, -0.25) is 14.4 Å². The molecule has 0 bridgehead atoms. The van der Waals surface area contributed by atoms with E-state index in [-0.39, 0.29) is 29.8 Å². The molecule has 212 valence electrons. The largest absolute Gasteiger partial charge is 0.508 e. The summed E-state index contributed by atoms with van der Waals surface area (Å²) in [5.41, 5.74) is 1.80. The Morgan fingerprint density at radius 2 is 1.71 bits per heavy atom. The Bertz CT molecular complexity index is 1670. The summed E-state index contributed by atoms with van der Waals surface area (Å²) >= 11 is 1.33. The molecule has 0 saturated heterocycles. The first kappa shape index (κ1) is 28.3. The number of anilines is 1. The Balaban J connectivity index is 1.32. The van der Waals surface area contributed by atoms with Gasteiger partial charge in [0.25, 0.3) is 11.8 Å². The summed E-state index contributed by atoms with van der Waals surface area (Å²) in [6.45, 7) is 0.134. The predicted octanol–water partition coefficient (Wildman–Crippen LogP) is 5.51. The molecule has 0 unspecified atom stereocenters. The standard InChI is InChI=1S/C32H26N2O7S/c1-39-29-17-24(35)12-10-22(29)14-26(34-31(37)20-6-3-2-4-7-20)32(38)33-23-8-5-9-25(16-23)42-18-27(36)21-11-13-28-30(15-21)41-19-40-28/h2-17,35H,18-19H2,1H3,(H,33,38)(H,34,37)/b26-14-. The van der Waals surface area contributed by atoms with Gasteiger partial charge in [0.15, 0.2) is 17.3 Å². The van der Waals surface area contributed by atoms with Crippen LogP contribution in [0.3, 0.4) is 0 Å². The summed E-state index contributed by atoms with van der Waals surface area (Å²) in [5.74, 6) is 0.521. The van der Waals surface area contributed by atoms with E-state index in [1.165, 1.54) is 37.1 Å². The Hall–Kier alpha value is -5.22. The van der Waals surface area contributed by atoms with Gasteiger partial charge in [0.2, 0.25) is 6.79 Å². The molecule has 3 N–H and O–H groups in total. The maximum atomic E-state index is 13.4. The molecule has 0 aliphatic carbocycles. The van der Waals surface area contributed by atoms with Crippen LogP contribution in [-0.4, -0.2) is 42.4 Å². The van der Waals surface area contributed by atoms with Crippen LogP contribution in [0.4, 0.5) is 5.69 Å². The first-order valence-corrected chi connectivity index (χ1v) is 13.8. The van der Waals surface area contributed by atoms with E-state index in [4.69, 9.17) is 14.2 Å². The molecule has 0 saturated carbocycles. The van der Waals surface area contributed by atoms with Crippen LogP contribution in [0.25, 0.3) is 6.08 Å². The first-order valence-electron chi connectivity index (χ1n) is 12.8. The molecule has 4 aromatic carbocycles. The quantitative estimate of drug-likeness (QED) is 0.127. The van der Waals surface area contributed by atoms with Crippen LogP contribution >= 0.6 is 11.8 Å². The Labute approximate surface area is 246 Å². The SMILES string of the molecule is COc1cc(O)ccc1/C=C(\NC(=O)c1ccccc1)C(=O)Nc1cccc(SCC(=O)c2ccc3c(c2)OCO3)c1. The van der Waals surface area contributed by atoms with Gasteiger partial charge in [-0.15, -0.1) is 11.8 Å². The van der Waals surface area contributed by atoms with Crippen molar-refractivity contribution < 1.29 is 33.7 Å².